The van der Waals surface area contributed by atoms with Crippen molar-refractivity contribution < 1.29 is 4.79 Å². The van der Waals surface area contributed by atoms with Gasteiger partial charge in [0.05, 0.1) is 17.1 Å². The molecule has 5 nitrogen and oxygen atoms in total. The van der Waals surface area contributed by atoms with Crippen LogP contribution in [0.3, 0.4) is 0 Å². The zero-order valence-electron chi connectivity index (χ0n) is 11.8. The van der Waals surface area contributed by atoms with Crippen molar-refractivity contribution in [2.24, 2.45) is 5.92 Å². The summed E-state index contributed by atoms with van der Waals surface area (Å²) in [6, 6.07) is 7.23. The highest BCUT2D eigenvalue weighted by molar-refractivity contribution is 6.32. The number of benzene rings is 1. The lowest BCUT2D eigenvalue weighted by Gasteiger charge is -2.27. The quantitative estimate of drug-likeness (QED) is 0.895. The van der Waals surface area contributed by atoms with Crippen molar-refractivity contribution in [3.05, 3.63) is 29.4 Å². The van der Waals surface area contributed by atoms with Crippen molar-refractivity contribution >= 4 is 34.4 Å². The SMILES string of the molecule is CC1CCNC(C(=O)Nc2nc3ccccc3nc2Cl)C1. The number of aromatic nitrogens is 2. The molecule has 1 aromatic carbocycles. The Kier molecular flexibility index (Phi) is 4.03. The molecule has 110 valence electrons. The molecule has 2 unspecified atom stereocenters. The molecule has 2 heterocycles. The first kappa shape index (κ1) is 14.2. The average molecular weight is 305 g/mol. The fourth-order valence-electron chi connectivity index (χ4n) is 2.57. The minimum atomic E-state index is -0.196. The maximum Gasteiger partial charge on any atom is 0.242 e. The van der Waals surface area contributed by atoms with Gasteiger partial charge in [0.25, 0.3) is 0 Å². The number of nitrogens with one attached hydrogen (secondary N) is 2. The lowest BCUT2D eigenvalue weighted by Crippen LogP contribution is -2.45. The third-order valence-electron chi connectivity index (χ3n) is 3.75. The van der Waals surface area contributed by atoms with Crippen LogP contribution in [0.4, 0.5) is 5.82 Å². The molecule has 0 saturated carbocycles. The fourth-order valence-corrected chi connectivity index (χ4v) is 2.75. The summed E-state index contributed by atoms with van der Waals surface area (Å²) in [6.07, 6.45) is 1.92. The van der Waals surface area contributed by atoms with Crippen LogP contribution in [0.15, 0.2) is 24.3 Å². The van der Waals surface area contributed by atoms with Crippen molar-refractivity contribution in [1.82, 2.24) is 15.3 Å². The van der Waals surface area contributed by atoms with Crippen LogP contribution in [-0.2, 0) is 4.79 Å². The van der Waals surface area contributed by atoms with E-state index >= 15 is 0 Å². The van der Waals surface area contributed by atoms with E-state index in [2.05, 4.69) is 27.5 Å². The summed E-state index contributed by atoms with van der Waals surface area (Å²) in [5, 5.41) is 6.22. The first-order valence-corrected chi connectivity index (χ1v) is 7.48. The first-order chi connectivity index (χ1) is 10.1. The van der Waals surface area contributed by atoms with Crippen LogP contribution in [0.1, 0.15) is 19.8 Å². The molecule has 2 N–H and O–H groups in total. The van der Waals surface area contributed by atoms with E-state index < -0.39 is 0 Å². The number of para-hydroxylation sites is 2. The van der Waals surface area contributed by atoms with Gasteiger partial charge in [0.2, 0.25) is 5.91 Å². The van der Waals surface area contributed by atoms with Gasteiger partial charge in [0.15, 0.2) is 11.0 Å². The topological polar surface area (TPSA) is 66.9 Å². The van der Waals surface area contributed by atoms with Crippen LogP contribution in [0.2, 0.25) is 5.15 Å². The highest BCUT2D eigenvalue weighted by atomic mass is 35.5. The van der Waals surface area contributed by atoms with E-state index in [-0.39, 0.29) is 17.1 Å². The Bertz CT molecular complexity index is 676. The Labute approximate surface area is 128 Å². The van der Waals surface area contributed by atoms with Crippen molar-refractivity contribution in [3.63, 3.8) is 0 Å². The lowest BCUT2D eigenvalue weighted by atomic mass is 9.94. The summed E-state index contributed by atoms with van der Waals surface area (Å²) in [5.41, 5.74) is 1.42. The molecular formula is C15H17ClN4O. The smallest absolute Gasteiger partial charge is 0.242 e. The van der Waals surface area contributed by atoms with Gasteiger partial charge in [-0.25, -0.2) is 9.97 Å². The van der Waals surface area contributed by atoms with Gasteiger partial charge in [-0.15, -0.1) is 0 Å². The van der Waals surface area contributed by atoms with Crippen molar-refractivity contribution in [3.8, 4) is 0 Å². The number of piperidine rings is 1. The number of amides is 1. The number of nitrogens with zero attached hydrogens (tertiary/aromatic N) is 2. The predicted octanol–water partition coefficient (Wildman–Crippen LogP) is 2.61. The van der Waals surface area contributed by atoms with Crippen LogP contribution < -0.4 is 10.6 Å². The molecule has 21 heavy (non-hydrogen) atoms. The molecule has 0 spiro atoms. The molecule has 0 radical (unpaired) electrons. The molecule has 0 aliphatic carbocycles. The van der Waals surface area contributed by atoms with Gasteiger partial charge in [0.1, 0.15) is 0 Å². The number of halogens is 1. The summed E-state index contributed by atoms with van der Waals surface area (Å²) >= 11 is 6.11. The van der Waals surface area contributed by atoms with E-state index in [9.17, 15) is 4.79 Å². The van der Waals surface area contributed by atoms with E-state index in [1.807, 2.05) is 24.3 Å². The van der Waals surface area contributed by atoms with E-state index in [0.29, 0.717) is 22.8 Å². The Hall–Kier alpha value is -1.72. The third-order valence-corrected chi connectivity index (χ3v) is 4.02. The highest BCUT2D eigenvalue weighted by Crippen LogP contribution is 2.22. The van der Waals surface area contributed by atoms with Crippen molar-refractivity contribution in [1.29, 1.82) is 0 Å². The molecule has 1 aliphatic heterocycles. The molecule has 0 bridgehead atoms. The van der Waals surface area contributed by atoms with E-state index in [4.69, 9.17) is 11.6 Å². The van der Waals surface area contributed by atoms with Crippen LogP contribution in [0.25, 0.3) is 11.0 Å². The molecule has 6 heteroatoms. The zero-order chi connectivity index (χ0) is 14.8. The van der Waals surface area contributed by atoms with Gasteiger partial charge in [-0.1, -0.05) is 30.7 Å². The zero-order valence-corrected chi connectivity index (χ0v) is 12.5. The van der Waals surface area contributed by atoms with Gasteiger partial charge < -0.3 is 10.6 Å². The molecular weight excluding hydrogens is 288 g/mol. The van der Waals surface area contributed by atoms with Gasteiger partial charge in [0, 0.05) is 0 Å². The number of anilines is 1. The van der Waals surface area contributed by atoms with E-state index in [0.717, 1.165) is 19.4 Å². The van der Waals surface area contributed by atoms with Crippen molar-refractivity contribution in [2.45, 2.75) is 25.8 Å². The summed E-state index contributed by atoms with van der Waals surface area (Å²) in [7, 11) is 0. The summed E-state index contributed by atoms with van der Waals surface area (Å²) in [6.45, 7) is 3.01. The number of rotatable bonds is 2. The standard InChI is InChI=1S/C15H17ClN4O/c1-9-6-7-17-12(8-9)15(21)20-14-13(16)18-10-4-2-3-5-11(10)19-14/h2-5,9,12,17H,6-8H2,1H3,(H,19,20,21). The summed E-state index contributed by atoms with van der Waals surface area (Å²) in [4.78, 5) is 20.9. The summed E-state index contributed by atoms with van der Waals surface area (Å²) < 4.78 is 0. The van der Waals surface area contributed by atoms with Gasteiger partial charge >= 0.3 is 0 Å². The average Bonchev–Trinajstić information content (AvgIpc) is 2.48. The predicted molar refractivity (Wildman–Crippen MR) is 83.4 cm³/mol. The van der Waals surface area contributed by atoms with Crippen molar-refractivity contribution in [2.75, 3.05) is 11.9 Å². The molecule has 2 atom stereocenters. The van der Waals surface area contributed by atoms with Gasteiger partial charge in [-0.2, -0.15) is 0 Å². The highest BCUT2D eigenvalue weighted by Gasteiger charge is 2.25. The normalized spacial score (nSPS) is 22.2. The number of fused-ring (bicyclic) bond motifs is 1. The van der Waals surface area contributed by atoms with E-state index in [1.165, 1.54) is 0 Å². The number of carbonyl (C=O) groups excluding carboxylic acids is 1. The van der Waals surface area contributed by atoms with Gasteiger partial charge in [-0.05, 0) is 37.4 Å². The van der Waals surface area contributed by atoms with E-state index in [1.54, 1.807) is 0 Å². The van der Waals surface area contributed by atoms with Crippen LogP contribution in [-0.4, -0.2) is 28.5 Å². The second-order valence-corrected chi connectivity index (χ2v) is 5.84. The lowest BCUT2D eigenvalue weighted by molar-refractivity contribution is -0.119. The number of hydrogen-bond acceptors (Lipinski definition) is 4. The largest absolute Gasteiger partial charge is 0.307 e. The second kappa shape index (κ2) is 5.95. The molecule has 2 aromatic rings. The molecule has 1 amide bonds. The monoisotopic (exact) mass is 304 g/mol. The van der Waals surface area contributed by atoms with Crippen LogP contribution >= 0.6 is 11.6 Å². The fraction of sp³-hybridized carbons (Fsp3) is 0.400. The van der Waals surface area contributed by atoms with Crippen LogP contribution in [0, 0.1) is 5.92 Å². The maximum absolute atomic E-state index is 12.3. The summed E-state index contributed by atoms with van der Waals surface area (Å²) in [5.74, 6) is 0.758. The maximum atomic E-state index is 12.3. The Morgan fingerprint density at radius 3 is 2.76 bits per heavy atom. The molecule has 1 saturated heterocycles. The molecule has 1 aromatic heterocycles. The Morgan fingerprint density at radius 2 is 2.05 bits per heavy atom. The second-order valence-electron chi connectivity index (χ2n) is 5.48. The van der Waals surface area contributed by atoms with Gasteiger partial charge in [-0.3, -0.25) is 4.79 Å². The number of carbonyl (C=O) groups is 1. The third kappa shape index (κ3) is 3.14. The first-order valence-electron chi connectivity index (χ1n) is 7.10. The molecule has 1 fully saturated rings. The van der Waals surface area contributed by atoms with Crippen LogP contribution in [0.5, 0.6) is 0 Å². The molecule has 1 aliphatic rings. The molecule has 3 rings (SSSR count). The Morgan fingerprint density at radius 1 is 1.33 bits per heavy atom. The Balaban J connectivity index is 1.80. The minimum absolute atomic E-state index is 0.104. The number of hydrogen-bond donors (Lipinski definition) is 2. The minimum Gasteiger partial charge on any atom is -0.307 e.